The van der Waals surface area contributed by atoms with E-state index in [9.17, 15) is 0 Å². The van der Waals surface area contributed by atoms with Gasteiger partial charge in [0.05, 0.1) is 6.61 Å². The van der Waals surface area contributed by atoms with E-state index in [0.717, 1.165) is 31.2 Å². The molecule has 0 aromatic rings. The Morgan fingerprint density at radius 3 is 2.00 bits per heavy atom. The lowest BCUT2D eigenvalue weighted by atomic mass is 9.86. The van der Waals surface area contributed by atoms with E-state index < -0.39 is 0 Å². The lowest BCUT2D eigenvalue weighted by Crippen LogP contribution is -2.41. The van der Waals surface area contributed by atoms with Crippen molar-refractivity contribution >= 4 is 0 Å². The molecule has 0 aliphatic heterocycles. The second kappa shape index (κ2) is 5.31. The van der Waals surface area contributed by atoms with Gasteiger partial charge >= 0.3 is 0 Å². The van der Waals surface area contributed by atoms with Crippen LogP contribution in [-0.4, -0.2) is 37.2 Å². The van der Waals surface area contributed by atoms with Gasteiger partial charge in [0.2, 0.25) is 0 Å². The summed E-state index contributed by atoms with van der Waals surface area (Å²) in [5, 5.41) is 0. The molecule has 0 heterocycles. The maximum Gasteiger partial charge on any atom is 0.0589 e. The van der Waals surface area contributed by atoms with Crippen LogP contribution in [0.25, 0.3) is 0 Å². The third-order valence-corrected chi connectivity index (χ3v) is 4.02. The van der Waals surface area contributed by atoms with E-state index in [4.69, 9.17) is 4.74 Å². The van der Waals surface area contributed by atoms with E-state index in [-0.39, 0.29) is 0 Å². The molecular weight excluding hydrogens is 186 g/mol. The van der Waals surface area contributed by atoms with Crippen molar-refractivity contribution in [3.05, 3.63) is 0 Å². The first-order valence-corrected chi connectivity index (χ1v) is 6.56. The molecule has 0 spiro atoms. The largest absolute Gasteiger partial charge is 0.383 e. The number of hydrogen-bond donors (Lipinski definition) is 0. The van der Waals surface area contributed by atoms with Crippen molar-refractivity contribution in [3.63, 3.8) is 0 Å². The highest BCUT2D eigenvalue weighted by Gasteiger charge is 2.34. The summed E-state index contributed by atoms with van der Waals surface area (Å²) in [4.78, 5) is 2.73. The van der Waals surface area contributed by atoms with Crippen molar-refractivity contribution < 1.29 is 4.74 Å². The molecule has 0 amide bonds. The minimum absolute atomic E-state index is 0.865. The Labute approximate surface area is 94.0 Å². The molecule has 15 heavy (non-hydrogen) atoms. The van der Waals surface area contributed by atoms with Crippen molar-refractivity contribution in [2.45, 2.75) is 57.5 Å². The summed E-state index contributed by atoms with van der Waals surface area (Å²) in [7, 11) is 1.81. The monoisotopic (exact) mass is 211 g/mol. The summed E-state index contributed by atoms with van der Waals surface area (Å²) >= 11 is 0. The van der Waals surface area contributed by atoms with Crippen LogP contribution in [0.3, 0.4) is 0 Å². The van der Waals surface area contributed by atoms with Gasteiger partial charge in [0.25, 0.3) is 0 Å². The summed E-state index contributed by atoms with van der Waals surface area (Å²) in [6.07, 6.45) is 8.55. The van der Waals surface area contributed by atoms with Crippen LogP contribution in [0.1, 0.15) is 45.4 Å². The average molecular weight is 211 g/mol. The third kappa shape index (κ3) is 3.18. The molecular formula is C13H25NO. The van der Waals surface area contributed by atoms with Crippen molar-refractivity contribution in [3.8, 4) is 0 Å². The molecule has 2 saturated carbocycles. The molecule has 0 aromatic heterocycles. The maximum atomic E-state index is 5.22. The zero-order valence-corrected chi connectivity index (χ0v) is 10.2. The summed E-state index contributed by atoms with van der Waals surface area (Å²) in [6, 6.07) is 1.77. The molecule has 0 bridgehead atoms. The van der Waals surface area contributed by atoms with E-state index >= 15 is 0 Å². The van der Waals surface area contributed by atoms with Crippen LogP contribution in [0.2, 0.25) is 0 Å². The van der Waals surface area contributed by atoms with Crippen LogP contribution in [0, 0.1) is 5.92 Å². The molecule has 0 aromatic carbocycles. The van der Waals surface area contributed by atoms with E-state index in [2.05, 4.69) is 11.8 Å². The Morgan fingerprint density at radius 1 is 1.00 bits per heavy atom. The zero-order valence-electron chi connectivity index (χ0n) is 10.2. The van der Waals surface area contributed by atoms with Gasteiger partial charge in [0.15, 0.2) is 0 Å². The van der Waals surface area contributed by atoms with Crippen molar-refractivity contribution in [1.29, 1.82) is 0 Å². The minimum atomic E-state index is 0.865. The van der Waals surface area contributed by atoms with E-state index in [1.807, 2.05) is 7.11 Å². The van der Waals surface area contributed by atoms with Gasteiger partial charge in [-0.2, -0.15) is 0 Å². The molecule has 2 aliphatic carbocycles. The van der Waals surface area contributed by atoms with Gasteiger partial charge in [-0.3, -0.25) is 4.90 Å². The fourth-order valence-electron chi connectivity index (χ4n) is 2.84. The Bertz CT molecular complexity index is 183. The Hall–Kier alpha value is -0.0800. The maximum absolute atomic E-state index is 5.22. The first-order valence-electron chi connectivity index (χ1n) is 6.56. The predicted molar refractivity (Wildman–Crippen MR) is 63.0 cm³/mol. The van der Waals surface area contributed by atoms with Gasteiger partial charge in [-0.25, -0.2) is 0 Å². The van der Waals surface area contributed by atoms with Crippen molar-refractivity contribution in [2.24, 2.45) is 5.92 Å². The molecule has 2 aliphatic rings. The second-order valence-corrected chi connectivity index (χ2v) is 5.38. The van der Waals surface area contributed by atoms with E-state index in [1.54, 1.807) is 0 Å². The molecule has 2 fully saturated rings. The normalized spacial score (nSPS) is 32.2. The lowest BCUT2D eigenvalue weighted by molar-refractivity contribution is 0.0885. The van der Waals surface area contributed by atoms with Gasteiger partial charge < -0.3 is 4.74 Å². The number of nitrogens with zero attached hydrogens (tertiary/aromatic N) is 1. The summed E-state index contributed by atoms with van der Waals surface area (Å²) in [6.45, 7) is 4.45. The number of hydrogen-bond acceptors (Lipinski definition) is 2. The van der Waals surface area contributed by atoms with E-state index in [0.29, 0.717) is 0 Å². The van der Waals surface area contributed by atoms with Crippen LogP contribution in [0.4, 0.5) is 0 Å². The minimum Gasteiger partial charge on any atom is -0.383 e. The predicted octanol–water partition coefficient (Wildman–Crippen LogP) is 2.68. The van der Waals surface area contributed by atoms with Crippen LogP contribution in [0.5, 0.6) is 0 Å². The molecule has 2 rings (SSSR count). The highest BCUT2D eigenvalue weighted by Crippen LogP contribution is 2.34. The molecule has 0 unspecified atom stereocenters. The Balaban J connectivity index is 1.81. The van der Waals surface area contributed by atoms with Gasteiger partial charge in [0.1, 0.15) is 0 Å². The average Bonchev–Trinajstić information content (AvgIpc) is 3.05. The fraction of sp³-hybridized carbons (Fsp3) is 1.00. The second-order valence-electron chi connectivity index (χ2n) is 5.38. The third-order valence-electron chi connectivity index (χ3n) is 4.02. The van der Waals surface area contributed by atoms with Gasteiger partial charge in [-0.05, 0) is 44.4 Å². The first kappa shape index (κ1) is 11.4. The molecule has 0 atom stereocenters. The van der Waals surface area contributed by atoms with Crippen LogP contribution >= 0.6 is 0 Å². The van der Waals surface area contributed by atoms with Gasteiger partial charge in [-0.1, -0.05) is 6.92 Å². The highest BCUT2D eigenvalue weighted by molar-refractivity contribution is 4.90. The zero-order chi connectivity index (χ0) is 10.7. The molecule has 0 N–H and O–H groups in total. The lowest BCUT2D eigenvalue weighted by Gasteiger charge is -2.36. The molecule has 0 radical (unpaired) electrons. The SMILES string of the molecule is COCCN(C1CC1)[C@H]1CC[C@H](C)CC1. The number of rotatable bonds is 5. The van der Waals surface area contributed by atoms with Gasteiger partial charge in [0, 0.05) is 25.7 Å². The summed E-state index contributed by atoms with van der Waals surface area (Å²) in [5.74, 6) is 0.963. The highest BCUT2D eigenvalue weighted by atomic mass is 16.5. The smallest absolute Gasteiger partial charge is 0.0589 e. The first-order chi connectivity index (χ1) is 7.31. The topological polar surface area (TPSA) is 12.5 Å². The number of ether oxygens (including phenoxy) is 1. The van der Waals surface area contributed by atoms with Crippen molar-refractivity contribution in [2.75, 3.05) is 20.3 Å². The summed E-state index contributed by atoms with van der Waals surface area (Å²) < 4.78 is 5.22. The molecule has 0 saturated heterocycles. The molecule has 88 valence electrons. The van der Waals surface area contributed by atoms with Crippen LogP contribution < -0.4 is 0 Å². The number of methoxy groups -OCH3 is 1. The molecule has 2 nitrogen and oxygen atoms in total. The van der Waals surface area contributed by atoms with Crippen molar-refractivity contribution in [1.82, 2.24) is 4.90 Å². The standard InChI is InChI=1S/C13H25NO/c1-11-3-5-12(6-4-11)14(9-10-15-2)13-7-8-13/h11-13H,3-10H2,1-2H3/t11-,12-. The summed E-state index contributed by atoms with van der Waals surface area (Å²) in [5.41, 5.74) is 0. The van der Waals surface area contributed by atoms with E-state index in [1.165, 1.54) is 38.5 Å². The van der Waals surface area contributed by atoms with Crippen LogP contribution in [0.15, 0.2) is 0 Å². The quantitative estimate of drug-likeness (QED) is 0.693. The fourth-order valence-corrected chi connectivity index (χ4v) is 2.84. The van der Waals surface area contributed by atoms with Crippen LogP contribution in [-0.2, 0) is 4.74 Å². The van der Waals surface area contributed by atoms with Gasteiger partial charge in [-0.15, -0.1) is 0 Å². The molecule has 2 heteroatoms. The Kier molecular flexibility index (Phi) is 4.04. The Morgan fingerprint density at radius 2 is 1.53 bits per heavy atom.